The van der Waals surface area contributed by atoms with Gasteiger partial charge in [-0.25, -0.2) is 0 Å². The first-order valence-electron chi connectivity index (χ1n) is 6.12. The molecule has 0 spiro atoms. The van der Waals surface area contributed by atoms with E-state index in [0.717, 1.165) is 25.7 Å². The van der Waals surface area contributed by atoms with Gasteiger partial charge in [0, 0.05) is 11.8 Å². The Labute approximate surface area is 96.8 Å². The van der Waals surface area contributed by atoms with E-state index in [1.165, 1.54) is 0 Å². The second-order valence-electron chi connectivity index (χ2n) is 4.80. The maximum Gasteiger partial charge on any atom is 0.177 e. The van der Waals surface area contributed by atoms with E-state index in [1.807, 2.05) is 6.08 Å². The van der Waals surface area contributed by atoms with Gasteiger partial charge in [-0.05, 0) is 25.8 Å². The highest BCUT2D eigenvalue weighted by Gasteiger charge is 2.60. The maximum atomic E-state index is 11.0. The van der Waals surface area contributed by atoms with Crippen LogP contribution in [0.15, 0.2) is 12.2 Å². The van der Waals surface area contributed by atoms with Gasteiger partial charge in [0.25, 0.3) is 0 Å². The van der Waals surface area contributed by atoms with Gasteiger partial charge in [0.1, 0.15) is 0 Å². The average molecular weight is 224 g/mol. The smallest absolute Gasteiger partial charge is 0.177 e. The van der Waals surface area contributed by atoms with Crippen molar-refractivity contribution in [3.63, 3.8) is 0 Å². The van der Waals surface area contributed by atoms with Gasteiger partial charge in [-0.2, -0.15) is 0 Å². The van der Waals surface area contributed by atoms with Crippen molar-refractivity contribution in [1.29, 1.82) is 0 Å². The molecule has 1 saturated heterocycles. The van der Waals surface area contributed by atoms with Crippen molar-refractivity contribution in [2.45, 2.75) is 45.3 Å². The van der Waals surface area contributed by atoms with E-state index in [2.05, 4.69) is 6.92 Å². The fourth-order valence-electron chi connectivity index (χ4n) is 2.55. The van der Waals surface area contributed by atoms with Crippen molar-refractivity contribution in [3.8, 4) is 0 Å². The van der Waals surface area contributed by atoms with Gasteiger partial charge in [0.05, 0.1) is 13.2 Å². The molecule has 3 nitrogen and oxygen atoms in total. The average Bonchev–Trinajstić information content (AvgIpc) is 2.91. The summed E-state index contributed by atoms with van der Waals surface area (Å²) in [6.45, 7) is 5.07. The zero-order chi connectivity index (χ0) is 11.6. The Bertz CT molecular complexity index is 296. The Kier molecular flexibility index (Phi) is 3.17. The van der Waals surface area contributed by atoms with Crippen molar-refractivity contribution < 1.29 is 14.3 Å². The van der Waals surface area contributed by atoms with E-state index in [9.17, 15) is 4.79 Å². The number of rotatable bonds is 5. The van der Waals surface area contributed by atoms with E-state index in [4.69, 9.17) is 9.47 Å². The van der Waals surface area contributed by atoms with Crippen LogP contribution in [0.4, 0.5) is 0 Å². The predicted molar refractivity (Wildman–Crippen MR) is 61.0 cm³/mol. The Morgan fingerprint density at radius 2 is 1.94 bits per heavy atom. The fraction of sp³-hybridized carbons (Fsp3) is 0.769. The van der Waals surface area contributed by atoms with E-state index < -0.39 is 5.79 Å². The summed E-state index contributed by atoms with van der Waals surface area (Å²) < 4.78 is 11.7. The van der Waals surface area contributed by atoms with Crippen molar-refractivity contribution in [3.05, 3.63) is 12.2 Å². The molecule has 16 heavy (non-hydrogen) atoms. The van der Waals surface area contributed by atoms with Gasteiger partial charge < -0.3 is 9.47 Å². The Hall–Kier alpha value is -0.670. The molecule has 0 aromatic heterocycles. The number of carbonyl (C=O) groups excluding carboxylic acids is 1. The van der Waals surface area contributed by atoms with Crippen LogP contribution in [0.3, 0.4) is 0 Å². The summed E-state index contributed by atoms with van der Waals surface area (Å²) in [6.07, 6.45) is 7.75. The SMILES string of the molecule is CCCC1(C2(C=CC(C)=O)CC2)OCCO1. The fourth-order valence-corrected chi connectivity index (χ4v) is 2.55. The largest absolute Gasteiger partial charge is 0.347 e. The van der Waals surface area contributed by atoms with Crippen LogP contribution >= 0.6 is 0 Å². The van der Waals surface area contributed by atoms with E-state index in [0.29, 0.717) is 13.2 Å². The first-order chi connectivity index (χ1) is 7.64. The van der Waals surface area contributed by atoms with Crippen LogP contribution in [0.2, 0.25) is 0 Å². The molecule has 3 heteroatoms. The zero-order valence-corrected chi connectivity index (χ0v) is 10.1. The number of carbonyl (C=O) groups is 1. The molecular formula is C13H20O3. The molecule has 0 N–H and O–H groups in total. The first kappa shape index (κ1) is 11.8. The zero-order valence-electron chi connectivity index (χ0n) is 10.1. The molecule has 2 aliphatic rings. The van der Waals surface area contributed by atoms with E-state index in [1.54, 1.807) is 13.0 Å². The molecule has 2 fully saturated rings. The van der Waals surface area contributed by atoms with Crippen molar-refractivity contribution in [2.24, 2.45) is 5.41 Å². The minimum absolute atomic E-state index is 0.0365. The number of allylic oxidation sites excluding steroid dienone is 1. The summed E-state index contributed by atoms with van der Waals surface area (Å²) >= 11 is 0. The van der Waals surface area contributed by atoms with Crippen LogP contribution in [-0.2, 0) is 14.3 Å². The van der Waals surface area contributed by atoms with E-state index in [-0.39, 0.29) is 11.2 Å². The van der Waals surface area contributed by atoms with E-state index >= 15 is 0 Å². The molecule has 0 amide bonds. The van der Waals surface area contributed by atoms with Crippen molar-refractivity contribution >= 4 is 5.78 Å². The molecule has 0 unspecified atom stereocenters. The van der Waals surface area contributed by atoms with Crippen LogP contribution in [-0.4, -0.2) is 24.8 Å². The molecule has 1 aliphatic carbocycles. The minimum atomic E-state index is -0.451. The highest BCUT2D eigenvalue weighted by molar-refractivity contribution is 5.87. The van der Waals surface area contributed by atoms with Crippen LogP contribution in [0.25, 0.3) is 0 Å². The Balaban J connectivity index is 2.16. The van der Waals surface area contributed by atoms with Crippen LogP contribution < -0.4 is 0 Å². The van der Waals surface area contributed by atoms with Gasteiger partial charge in [-0.15, -0.1) is 0 Å². The second kappa shape index (κ2) is 4.30. The molecule has 90 valence electrons. The van der Waals surface area contributed by atoms with Crippen LogP contribution in [0.1, 0.15) is 39.5 Å². The molecule has 0 bridgehead atoms. The number of hydrogen-bond donors (Lipinski definition) is 0. The van der Waals surface area contributed by atoms with Gasteiger partial charge in [-0.1, -0.05) is 19.4 Å². The topological polar surface area (TPSA) is 35.5 Å². The lowest BCUT2D eigenvalue weighted by molar-refractivity contribution is -0.198. The summed E-state index contributed by atoms with van der Waals surface area (Å²) in [7, 11) is 0. The number of ketones is 1. The minimum Gasteiger partial charge on any atom is -0.347 e. The first-order valence-corrected chi connectivity index (χ1v) is 6.12. The third kappa shape index (κ3) is 1.94. The molecule has 2 rings (SSSR count). The lowest BCUT2D eigenvalue weighted by atomic mass is 9.90. The number of ether oxygens (including phenoxy) is 2. The normalized spacial score (nSPS) is 26.1. The molecule has 0 aromatic carbocycles. The summed E-state index contributed by atoms with van der Waals surface area (Å²) in [5.41, 5.74) is -0.0365. The summed E-state index contributed by atoms with van der Waals surface area (Å²) in [5, 5.41) is 0. The second-order valence-corrected chi connectivity index (χ2v) is 4.80. The third-order valence-electron chi connectivity index (χ3n) is 3.52. The molecular weight excluding hydrogens is 204 g/mol. The Morgan fingerprint density at radius 1 is 1.31 bits per heavy atom. The highest BCUT2D eigenvalue weighted by atomic mass is 16.7. The van der Waals surface area contributed by atoms with Gasteiger partial charge >= 0.3 is 0 Å². The van der Waals surface area contributed by atoms with Crippen molar-refractivity contribution in [2.75, 3.05) is 13.2 Å². The van der Waals surface area contributed by atoms with Crippen molar-refractivity contribution in [1.82, 2.24) is 0 Å². The summed E-state index contributed by atoms with van der Waals surface area (Å²) in [6, 6.07) is 0. The number of hydrogen-bond acceptors (Lipinski definition) is 3. The van der Waals surface area contributed by atoms with Gasteiger partial charge in [-0.3, -0.25) is 4.79 Å². The lowest BCUT2D eigenvalue weighted by Gasteiger charge is -2.34. The molecule has 0 aromatic rings. The van der Waals surface area contributed by atoms with Crippen LogP contribution in [0, 0.1) is 5.41 Å². The predicted octanol–water partition coefficient (Wildman–Crippen LogP) is 2.46. The monoisotopic (exact) mass is 224 g/mol. The summed E-state index contributed by atoms with van der Waals surface area (Å²) in [4.78, 5) is 11.0. The quantitative estimate of drug-likeness (QED) is 0.673. The third-order valence-corrected chi connectivity index (χ3v) is 3.52. The molecule has 1 heterocycles. The standard InChI is InChI=1S/C13H20O3/c1-3-5-13(15-9-10-16-13)12(7-8-12)6-4-11(2)14/h4,6H,3,5,7-10H2,1-2H3. The molecule has 1 saturated carbocycles. The highest BCUT2D eigenvalue weighted by Crippen LogP contribution is 2.60. The molecule has 1 aliphatic heterocycles. The van der Waals surface area contributed by atoms with Crippen LogP contribution in [0.5, 0.6) is 0 Å². The van der Waals surface area contributed by atoms with Gasteiger partial charge in [0.15, 0.2) is 11.6 Å². The molecule has 0 atom stereocenters. The maximum absolute atomic E-state index is 11.0. The van der Waals surface area contributed by atoms with Gasteiger partial charge in [0.2, 0.25) is 0 Å². The lowest BCUT2D eigenvalue weighted by Crippen LogP contribution is -2.40. The Morgan fingerprint density at radius 3 is 2.38 bits per heavy atom. The summed E-state index contributed by atoms with van der Waals surface area (Å²) in [5.74, 6) is -0.357. The molecule has 0 radical (unpaired) electrons.